The standard InChI is InChI=1S/C16H16F3N3O3/c1-2-24-15(7-8-15)13(23)20-9-10-3-5-11(6-4-10)12-21-14(25-22-12)16(17,18)19/h3-6H,2,7-9H2,1H3,(H,20,23). The first-order valence-corrected chi connectivity index (χ1v) is 7.76. The van der Waals surface area contributed by atoms with Gasteiger partial charge >= 0.3 is 12.1 Å². The third kappa shape index (κ3) is 3.81. The number of halogens is 3. The van der Waals surface area contributed by atoms with Gasteiger partial charge in [0.25, 0.3) is 5.91 Å². The van der Waals surface area contributed by atoms with Crippen LogP contribution in [-0.2, 0) is 22.3 Å². The minimum absolute atomic E-state index is 0.142. The van der Waals surface area contributed by atoms with Crippen molar-refractivity contribution in [3.8, 4) is 11.4 Å². The van der Waals surface area contributed by atoms with Gasteiger partial charge in [-0.15, -0.1) is 0 Å². The molecule has 0 spiro atoms. The second-order valence-electron chi connectivity index (χ2n) is 5.73. The molecule has 2 aromatic rings. The quantitative estimate of drug-likeness (QED) is 0.862. The molecule has 9 heteroatoms. The Morgan fingerprint density at radius 3 is 2.52 bits per heavy atom. The molecule has 0 atom stereocenters. The SMILES string of the molecule is CCOC1(C(=O)NCc2ccc(-c3noc(C(F)(F)F)n3)cc2)CC1. The van der Waals surface area contributed by atoms with E-state index in [1.807, 2.05) is 6.92 Å². The fraction of sp³-hybridized carbons (Fsp3) is 0.438. The van der Waals surface area contributed by atoms with Crippen molar-refractivity contribution < 1.29 is 27.2 Å². The lowest BCUT2D eigenvalue weighted by Gasteiger charge is -2.15. The summed E-state index contributed by atoms with van der Waals surface area (Å²) in [7, 11) is 0. The van der Waals surface area contributed by atoms with Crippen molar-refractivity contribution in [3.05, 3.63) is 35.7 Å². The summed E-state index contributed by atoms with van der Waals surface area (Å²) in [5, 5.41) is 6.13. The molecule has 3 rings (SSSR count). The smallest absolute Gasteiger partial charge is 0.365 e. The minimum atomic E-state index is -4.67. The van der Waals surface area contributed by atoms with Gasteiger partial charge in [0.15, 0.2) is 0 Å². The molecular formula is C16H16F3N3O3. The Hall–Kier alpha value is -2.42. The number of nitrogens with one attached hydrogen (secondary N) is 1. The molecule has 0 bridgehead atoms. The summed E-state index contributed by atoms with van der Waals surface area (Å²) in [6, 6.07) is 6.50. The van der Waals surface area contributed by atoms with Crippen LogP contribution in [0, 0.1) is 0 Å². The van der Waals surface area contributed by atoms with Crippen molar-refractivity contribution in [2.24, 2.45) is 0 Å². The van der Waals surface area contributed by atoms with Crippen LogP contribution in [0.3, 0.4) is 0 Å². The Morgan fingerprint density at radius 2 is 2.00 bits per heavy atom. The fourth-order valence-corrected chi connectivity index (χ4v) is 2.40. The van der Waals surface area contributed by atoms with Gasteiger partial charge in [0.1, 0.15) is 5.60 Å². The topological polar surface area (TPSA) is 77.2 Å². The molecule has 1 N–H and O–H groups in total. The lowest BCUT2D eigenvalue weighted by atomic mass is 10.1. The summed E-state index contributed by atoms with van der Waals surface area (Å²) in [6.45, 7) is 2.62. The summed E-state index contributed by atoms with van der Waals surface area (Å²) in [4.78, 5) is 15.4. The van der Waals surface area contributed by atoms with E-state index in [1.165, 1.54) is 0 Å². The summed E-state index contributed by atoms with van der Waals surface area (Å²) in [6.07, 6.45) is -3.25. The van der Waals surface area contributed by atoms with Crippen LogP contribution in [0.5, 0.6) is 0 Å². The lowest BCUT2D eigenvalue weighted by Crippen LogP contribution is -2.37. The largest absolute Gasteiger partial charge is 0.471 e. The minimum Gasteiger partial charge on any atom is -0.365 e. The number of benzene rings is 1. The van der Waals surface area contributed by atoms with Crippen molar-refractivity contribution in [2.75, 3.05) is 6.61 Å². The van der Waals surface area contributed by atoms with Gasteiger partial charge in [-0.3, -0.25) is 4.79 Å². The number of carbonyl (C=O) groups is 1. The first-order chi connectivity index (χ1) is 11.8. The zero-order valence-electron chi connectivity index (χ0n) is 13.4. The zero-order chi connectivity index (χ0) is 18.1. The monoisotopic (exact) mass is 355 g/mol. The molecule has 0 saturated heterocycles. The van der Waals surface area contributed by atoms with E-state index in [4.69, 9.17) is 4.74 Å². The Bertz CT molecular complexity index is 752. The van der Waals surface area contributed by atoms with E-state index in [9.17, 15) is 18.0 Å². The van der Waals surface area contributed by atoms with Crippen LogP contribution < -0.4 is 5.32 Å². The predicted octanol–water partition coefficient (Wildman–Crippen LogP) is 2.94. The molecule has 1 aromatic carbocycles. The van der Waals surface area contributed by atoms with E-state index in [-0.39, 0.29) is 11.7 Å². The second kappa shape index (κ2) is 6.47. The van der Waals surface area contributed by atoms with Gasteiger partial charge < -0.3 is 14.6 Å². The molecule has 1 aliphatic rings. The lowest BCUT2D eigenvalue weighted by molar-refractivity contribution is -0.159. The Labute approximate surface area is 141 Å². The molecule has 0 aliphatic heterocycles. The molecule has 0 radical (unpaired) electrons. The van der Waals surface area contributed by atoms with Gasteiger partial charge in [0, 0.05) is 18.7 Å². The third-order valence-corrected chi connectivity index (χ3v) is 3.87. The molecule has 0 unspecified atom stereocenters. The summed E-state index contributed by atoms with van der Waals surface area (Å²) in [5.41, 5.74) is 0.499. The Balaban J connectivity index is 1.61. The second-order valence-corrected chi connectivity index (χ2v) is 5.73. The number of carbonyl (C=O) groups excluding carboxylic acids is 1. The summed E-state index contributed by atoms with van der Waals surface area (Å²) in [5.74, 6) is -1.67. The van der Waals surface area contributed by atoms with Gasteiger partial charge in [-0.2, -0.15) is 18.2 Å². The van der Waals surface area contributed by atoms with Crippen LogP contribution >= 0.6 is 0 Å². The highest BCUT2D eigenvalue weighted by molar-refractivity contribution is 5.88. The van der Waals surface area contributed by atoms with Crippen molar-refractivity contribution in [1.29, 1.82) is 0 Å². The van der Waals surface area contributed by atoms with Crippen LogP contribution in [-0.4, -0.2) is 28.3 Å². The van der Waals surface area contributed by atoms with Crippen LogP contribution in [0.25, 0.3) is 11.4 Å². The van der Waals surface area contributed by atoms with Crippen molar-refractivity contribution in [3.63, 3.8) is 0 Å². The van der Waals surface area contributed by atoms with E-state index >= 15 is 0 Å². The maximum atomic E-state index is 12.5. The Kier molecular flexibility index (Phi) is 4.51. The maximum Gasteiger partial charge on any atom is 0.471 e. The number of nitrogens with zero attached hydrogens (tertiary/aromatic N) is 2. The van der Waals surface area contributed by atoms with Crippen LogP contribution in [0.15, 0.2) is 28.8 Å². The molecule has 25 heavy (non-hydrogen) atoms. The van der Waals surface area contributed by atoms with Gasteiger partial charge in [0.2, 0.25) is 5.82 Å². The van der Waals surface area contributed by atoms with Crippen LogP contribution in [0.4, 0.5) is 13.2 Å². The number of hydrogen-bond donors (Lipinski definition) is 1. The number of alkyl halides is 3. The van der Waals surface area contributed by atoms with Gasteiger partial charge in [0.05, 0.1) is 0 Å². The van der Waals surface area contributed by atoms with Crippen LogP contribution in [0.2, 0.25) is 0 Å². The first-order valence-electron chi connectivity index (χ1n) is 7.76. The number of rotatable bonds is 6. The number of ether oxygens (including phenoxy) is 1. The third-order valence-electron chi connectivity index (χ3n) is 3.87. The van der Waals surface area contributed by atoms with E-state index < -0.39 is 17.7 Å². The van der Waals surface area contributed by atoms with E-state index in [0.29, 0.717) is 31.6 Å². The average molecular weight is 355 g/mol. The molecule has 1 saturated carbocycles. The van der Waals surface area contributed by atoms with E-state index in [0.717, 1.165) is 5.56 Å². The molecule has 1 aliphatic carbocycles. The van der Waals surface area contributed by atoms with E-state index in [2.05, 4.69) is 20.0 Å². The average Bonchev–Trinajstić information content (AvgIpc) is 3.18. The summed E-state index contributed by atoms with van der Waals surface area (Å²) >= 11 is 0. The molecule has 1 amide bonds. The fourth-order valence-electron chi connectivity index (χ4n) is 2.40. The van der Waals surface area contributed by atoms with Crippen LogP contribution in [0.1, 0.15) is 31.2 Å². The highest BCUT2D eigenvalue weighted by Crippen LogP contribution is 2.39. The van der Waals surface area contributed by atoms with Gasteiger partial charge in [-0.25, -0.2) is 0 Å². The predicted molar refractivity (Wildman–Crippen MR) is 80.2 cm³/mol. The highest BCUT2D eigenvalue weighted by Gasteiger charge is 2.50. The number of hydrogen-bond acceptors (Lipinski definition) is 5. The number of amides is 1. The van der Waals surface area contributed by atoms with E-state index in [1.54, 1.807) is 24.3 Å². The maximum absolute atomic E-state index is 12.5. The highest BCUT2D eigenvalue weighted by atomic mass is 19.4. The summed E-state index contributed by atoms with van der Waals surface area (Å²) < 4.78 is 47.1. The molecule has 134 valence electrons. The molecule has 6 nitrogen and oxygen atoms in total. The van der Waals surface area contributed by atoms with Gasteiger partial charge in [-0.05, 0) is 25.3 Å². The van der Waals surface area contributed by atoms with Crippen molar-refractivity contribution >= 4 is 5.91 Å². The molecular weight excluding hydrogens is 339 g/mol. The number of aromatic nitrogens is 2. The first kappa shape index (κ1) is 17.4. The van der Waals surface area contributed by atoms with Crippen molar-refractivity contribution in [1.82, 2.24) is 15.5 Å². The van der Waals surface area contributed by atoms with Crippen molar-refractivity contribution in [2.45, 2.75) is 38.1 Å². The normalized spacial score (nSPS) is 15.8. The molecule has 1 heterocycles. The zero-order valence-corrected chi connectivity index (χ0v) is 13.4. The van der Waals surface area contributed by atoms with Gasteiger partial charge in [-0.1, -0.05) is 29.4 Å². The Morgan fingerprint density at radius 1 is 1.32 bits per heavy atom. The molecule has 1 fully saturated rings. The molecule has 1 aromatic heterocycles.